The highest BCUT2D eigenvalue weighted by Gasteiger charge is 2.27. The molecule has 0 amide bonds. The minimum Gasteiger partial charge on any atom is -0.394 e. The van der Waals surface area contributed by atoms with Crippen LogP contribution in [0.15, 0.2) is 30.3 Å². The SMILES string of the molecule is NC(CO)(CCN1CCCC1)c1ccccc1. The van der Waals surface area contributed by atoms with Gasteiger partial charge in [0.15, 0.2) is 0 Å². The van der Waals surface area contributed by atoms with Gasteiger partial charge in [0.1, 0.15) is 0 Å². The standard InChI is InChI=1S/C14H22N2O/c15-14(12-17,13-6-2-1-3-7-13)8-11-16-9-4-5-10-16/h1-3,6-7,17H,4-5,8-12,15H2. The predicted octanol–water partition coefficient (Wildman–Crippen LogP) is 1.32. The van der Waals surface area contributed by atoms with Crippen molar-refractivity contribution < 1.29 is 5.11 Å². The lowest BCUT2D eigenvalue weighted by molar-refractivity contribution is 0.170. The van der Waals surface area contributed by atoms with Crippen molar-refractivity contribution in [1.82, 2.24) is 4.90 Å². The third kappa shape index (κ3) is 3.06. The zero-order chi connectivity index (χ0) is 12.1. The van der Waals surface area contributed by atoms with E-state index in [1.54, 1.807) is 0 Å². The smallest absolute Gasteiger partial charge is 0.0656 e. The molecule has 0 saturated carbocycles. The summed E-state index contributed by atoms with van der Waals surface area (Å²) in [6, 6.07) is 9.92. The molecule has 1 saturated heterocycles. The van der Waals surface area contributed by atoms with Crippen LogP contribution in [0, 0.1) is 0 Å². The molecule has 17 heavy (non-hydrogen) atoms. The van der Waals surface area contributed by atoms with E-state index in [-0.39, 0.29) is 6.61 Å². The molecule has 3 N–H and O–H groups in total. The first kappa shape index (κ1) is 12.6. The van der Waals surface area contributed by atoms with E-state index < -0.39 is 5.54 Å². The minimum absolute atomic E-state index is 0.00481. The molecule has 0 aromatic heterocycles. The highest BCUT2D eigenvalue weighted by Crippen LogP contribution is 2.22. The number of nitrogens with two attached hydrogens (primary N) is 1. The first-order chi connectivity index (χ1) is 8.24. The van der Waals surface area contributed by atoms with Crippen LogP contribution in [0.25, 0.3) is 0 Å². The van der Waals surface area contributed by atoms with Crippen LogP contribution in [0.4, 0.5) is 0 Å². The molecule has 0 aliphatic carbocycles. The Kier molecular flexibility index (Phi) is 4.15. The predicted molar refractivity (Wildman–Crippen MR) is 69.7 cm³/mol. The Balaban J connectivity index is 1.98. The molecule has 0 spiro atoms. The summed E-state index contributed by atoms with van der Waals surface area (Å²) in [5, 5.41) is 9.57. The molecule has 3 nitrogen and oxygen atoms in total. The molecule has 1 heterocycles. The number of aliphatic hydroxyl groups is 1. The van der Waals surface area contributed by atoms with Crippen molar-refractivity contribution >= 4 is 0 Å². The number of rotatable bonds is 5. The summed E-state index contributed by atoms with van der Waals surface area (Å²) < 4.78 is 0. The van der Waals surface area contributed by atoms with Gasteiger partial charge in [0.25, 0.3) is 0 Å². The van der Waals surface area contributed by atoms with E-state index in [0.717, 1.165) is 18.5 Å². The van der Waals surface area contributed by atoms with E-state index in [1.807, 2.05) is 30.3 Å². The summed E-state index contributed by atoms with van der Waals surface area (Å²) in [5.41, 5.74) is 6.76. The van der Waals surface area contributed by atoms with Crippen LogP contribution in [0.5, 0.6) is 0 Å². The normalized spacial score (nSPS) is 20.4. The second kappa shape index (κ2) is 5.63. The van der Waals surface area contributed by atoms with Crippen molar-refractivity contribution in [2.45, 2.75) is 24.8 Å². The van der Waals surface area contributed by atoms with Crippen molar-refractivity contribution in [3.05, 3.63) is 35.9 Å². The molecule has 1 unspecified atom stereocenters. The first-order valence-corrected chi connectivity index (χ1v) is 6.42. The first-order valence-electron chi connectivity index (χ1n) is 6.42. The number of benzene rings is 1. The van der Waals surface area contributed by atoms with Crippen LogP contribution >= 0.6 is 0 Å². The summed E-state index contributed by atoms with van der Waals surface area (Å²) in [6.45, 7) is 3.34. The molecule has 2 rings (SSSR count). The van der Waals surface area contributed by atoms with Crippen LogP contribution in [0.2, 0.25) is 0 Å². The Morgan fingerprint density at radius 1 is 1.18 bits per heavy atom. The maximum absolute atomic E-state index is 9.57. The molecule has 0 radical (unpaired) electrons. The topological polar surface area (TPSA) is 49.5 Å². The average Bonchev–Trinajstić information content (AvgIpc) is 2.90. The fourth-order valence-electron chi connectivity index (χ4n) is 2.45. The highest BCUT2D eigenvalue weighted by molar-refractivity contribution is 5.24. The van der Waals surface area contributed by atoms with Gasteiger partial charge in [-0.05, 0) is 37.9 Å². The van der Waals surface area contributed by atoms with E-state index in [1.165, 1.54) is 25.9 Å². The Morgan fingerprint density at radius 2 is 1.82 bits per heavy atom. The zero-order valence-corrected chi connectivity index (χ0v) is 10.3. The summed E-state index contributed by atoms with van der Waals surface area (Å²) in [7, 11) is 0. The van der Waals surface area contributed by atoms with Crippen LogP contribution in [-0.2, 0) is 5.54 Å². The van der Waals surface area contributed by atoms with Gasteiger partial charge in [-0.1, -0.05) is 30.3 Å². The van der Waals surface area contributed by atoms with E-state index >= 15 is 0 Å². The van der Waals surface area contributed by atoms with Gasteiger partial charge in [-0.2, -0.15) is 0 Å². The lowest BCUT2D eigenvalue weighted by Crippen LogP contribution is -2.43. The van der Waals surface area contributed by atoms with Crippen LogP contribution in [0.1, 0.15) is 24.8 Å². The largest absolute Gasteiger partial charge is 0.394 e. The van der Waals surface area contributed by atoms with Gasteiger partial charge in [-0.25, -0.2) is 0 Å². The number of aliphatic hydroxyl groups excluding tert-OH is 1. The Labute approximate surface area is 103 Å². The highest BCUT2D eigenvalue weighted by atomic mass is 16.3. The average molecular weight is 234 g/mol. The molecule has 1 aliphatic rings. The molecule has 0 bridgehead atoms. The van der Waals surface area contributed by atoms with Crippen LogP contribution < -0.4 is 5.73 Å². The Hall–Kier alpha value is -0.900. The van der Waals surface area contributed by atoms with Gasteiger partial charge >= 0.3 is 0 Å². The van der Waals surface area contributed by atoms with Gasteiger partial charge < -0.3 is 15.7 Å². The monoisotopic (exact) mass is 234 g/mol. The lowest BCUT2D eigenvalue weighted by Gasteiger charge is -2.30. The van der Waals surface area contributed by atoms with Gasteiger partial charge in [-0.15, -0.1) is 0 Å². The maximum Gasteiger partial charge on any atom is 0.0656 e. The third-order valence-electron chi connectivity index (χ3n) is 3.70. The molecule has 94 valence electrons. The van der Waals surface area contributed by atoms with E-state index in [2.05, 4.69) is 4.90 Å². The lowest BCUT2D eigenvalue weighted by atomic mass is 9.88. The molecular weight excluding hydrogens is 212 g/mol. The minimum atomic E-state index is -0.593. The molecule has 1 fully saturated rings. The summed E-state index contributed by atoms with van der Waals surface area (Å²) >= 11 is 0. The molecule has 1 atom stereocenters. The third-order valence-corrected chi connectivity index (χ3v) is 3.70. The van der Waals surface area contributed by atoms with Gasteiger partial charge in [0.05, 0.1) is 12.1 Å². The van der Waals surface area contributed by atoms with Gasteiger partial charge in [0.2, 0.25) is 0 Å². The second-order valence-electron chi connectivity index (χ2n) is 4.98. The van der Waals surface area contributed by atoms with Gasteiger partial charge in [0, 0.05) is 6.54 Å². The van der Waals surface area contributed by atoms with Crippen molar-refractivity contribution in [3.63, 3.8) is 0 Å². The molecule has 3 heteroatoms. The number of hydrogen-bond acceptors (Lipinski definition) is 3. The molecule has 1 aliphatic heterocycles. The summed E-state index contributed by atoms with van der Waals surface area (Å²) in [4.78, 5) is 2.43. The van der Waals surface area contributed by atoms with Crippen molar-refractivity contribution in [2.24, 2.45) is 5.73 Å². The van der Waals surface area contributed by atoms with Crippen LogP contribution in [0.3, 0.4) is 0 Å². The number of likely N-dealkylation sites (tertiary alicyclic amines) is 1. The Morgan fingerprint density at radius 3 is 2.41 bits per heavy atom. The van der Waals surface area contributed by atoms with Crippen molar-refractivity contribution in [1.29, 1.82) is 0 Å². The zero-order valence-electron chi connectivity index (χ0n) is 10.3. The molecular formula is C14H22N2O. The quantitative estimate of drug-likeness (QED) is 0.808. The fourth-order valence-corrected chi connectivity index (χ4v) is 2.45. The van der Waals surface area contributed by atoms with Gasteiger partial charge in [-0.3, -0.25) is 0 Å². The number of hydrogen-bond donors (Lipinski definition) is 2. The summed E-state index contributed by atoms with van der Waals surface area (Å²) in [6.07, 6.45) is 3.40. The Bertz CT molecular complexity index is 335. The van der Waals surface area contributed by atoms with E-state index in [0.29, 0.717) is 0 Å². The molecule has 1 aromatic carbocycles. The second-order valence-corrected chi connectivity index (χ2v) is 4.98. The van der Waals surface area contributed by atoms with E-state index in [4.69, 9.17) is 5.73 Å². The van der Waals surface area contributed by atoms with Crippen molar-refractivity contribution in [2.75, 3.05) is 26.2 Å². The fraction of sp³-hybridized carbons (Fsp3) is 0.571. The number of nitrogens with zero attached hydrogens (tertiary/aromatic N) is 1. The van der Waals surface area contributed by atoms with Crippen molar-refractivity contribution in [3.8, 4) is 0 Å². The maximum atomic E-state index is 9.57. The molecule has 1 aromatic rings. The summed E-state index contributed by atoms with van der Waals surface area (Å²) in [5.74, 6) is 0. The van der Waals surface area contributed by atoms with E-state index in [9.17, 15) is 5.11 Å². The van der Waals surface area contributed by atoms with Crippen LogP contribution in [-0.4, -0.2) is 36.2 Å².